The fourth-order valence-corrected chi connectivity index (χ4v) is 3.84. The van der Waals surface area contributed by atoms with E-state index in [-0.39, 0.29) is 11.6 Å². The normalized spacial score (nSPS) is 15.7. The zero-order chi connectivity index (χ0) is 20.5. The SMILES string of the molecule is O=C(O)c1ccc(NC(=O)N2CCc3[nH]cnc3[C@@H]2c2cccc(Cl)c2Cl)cc1. The lowest BCUT2D eigenvalue weighted by Gasteiger charge is -2.35. The number of imidazole rings is 1. The van der Waals surface area contributed by atoms with Gasteiger partial charge in [0.2, 0.25) is 0 Å². The molecule has 0 spiro atoms. The van der Waals surface area contributed by atoms with E-state index in [2.05, 4.69) is 15.3 Å². The number of urea groups is 1. The number of nitrogens with zero attached hydrogens (tertiary/aromatic N) is 2. The van der Waals surface area contributed by atoms with Crippen molar-refractivity contribution < 1.29 is 14.7 Å². The Morgan fingerprint density at radius 1 is 1.17 bits per heavy atom. The number of hydrogen-bond donors (Lipinski definition) is 3. The second kappa shape index (κ2) is 7.77. The first-order valence-electron chi connectivity index (χ1n) is 8.82. The van der Waals surface area contributed by atoms with Crippen molar-refractivity contribution in [3.05, 3.63) is 81.4 Å². The Balaban J connectivity index is 1.67. The number of aromatic carboxylic acids is 1. The number of anilines is 1. The lowest BCUT2D eigenvalue weighted by atomic mass is 9.96. The van der Waals surface area contributed by atoms with Gasteiger partial charge in [0.05, 0.1) is 27.6 Å². The fourth-order valence-electron chi connectivity index (χ4n) is 3.43. The monoisotopic (exact) mass is 430 g/mol. The third kappa shape index (κ3) is 3.66. The molecule has 2 amide bonds. The van der Waals surface area contributed by atoms with Crippen LogP contribution in [0.3, 0.4) is 0 Å². The number of rotatable bonds is 3. The van der Waals surface area contributed by atoms with Gasteiger partial charge < -0.3 is 20.3 Å². The van der Waals surface area contributed by atoms with Crippen molar-refractivity contribution >= 4 is 40.9 Å². The lowest BCUT2D eigenvalue weighted by Crippen LogP contribution is -2.43. The van der Waals surface area contributed by atoms with Gasteiger partial charge >= 0.3 is 12.0 Å². The zero-order valence-electron chi connectivity index (χ0n) is 15.0. The quantitative estimate of drug-likeness (QED) is 0.565. The van der Waals surface area contributed by atoms with E-state index in [4.69, 9.17) is 28.3 Å². The molecular weight excluding hydrogens is 415 g/mol. The number of benzene rings is 2. The van der Waals surface area contributed by atoms with Crippen LogP contribution in [0.5, 0.6) is 0 Å². The van der Waals surface area contributed by atoms with Gasteiger partial charge in [-0.25, -0.2) is 14.6 Å². The minimum Gasteiger partial charge on any atom is -0.478 e. The number of nitrogens with one attached hydrogen (secondary N) is 2. The molecule has 4 rings (SSSR count). The number of carboxylic acid groups (broad SMARTS) is 1. The molecule has 29 heavy (non-hydrogen) atoms. The molecule has 148 valence electrons. The topological polar surface area (TPSA) is 98.3 Å². The van der Waals surface area contributed by atoms with Crippen molar-refractivity contribution in [2.24, 2.45) is 0 Å². The Bertz CT molecular complexity index is 1080. The highest BCUT2D eigenvalue weighted by atomic mass is 35.5. The van der Waals surface area contributed by atoms with Crippen molar-refractivity contribution in [3.8, 4) is 0 Å². The molecule has 0 bridgehead atoms. The molecule has 2 heterocycles. The van der Waals surface area contributed by atoms with E-state index in [1.165, 1.54) is 12.1 Å². The maximum atomic E-state index is 13.1. The number of carboxylic acids is 1. The summed E-state index contributed by atoms with van der Waals surface area (Å²) >= 11 is 12.7. The minimum absolute atomic E-state index is 0.144. The molecule has 7 nitrogen and oxygen atoms in total. The van der Waals surface area contributed by atoms with Gasteiger partial charge in [0.25, 0.3) is 0 Å². The van der Waals surface area contributed by atoms with E-state index in [0.717, 1.165) is 11.4 Å². The highest BCUT2D eigenvalue weighted by Crippen LogP contribution is 2.39. The Hall–Kier alpha value is -3.03. The third-order valence-corrected chi connectivity index (χ3v) is 5.68. The Morgan fingerprint density at radius 3 is 2.66 bits per heavy atom. The van der Waals surface area contributed by atoms with E-state index >= 15 is 0 Å². The van der Waals surface area contributed by atoms with Crippen molar-refractivity contribution in [2.75, 3.05) is 11.9 Å². The second-order valence-corrected chi connectivity index (χ2v) is 7.35. The van der Waals surface area contributed by atoms with Gasteiger partial charge in [-0.1, -0.05) is 35.3 Å². The number of hydrogen-bond acceptors (Lipinski definition) is 3. The van der Waals surface area contributed by atoms with Crippen LogP contribution in [0.25, 0.3) is 0 Å². The van der Waals surface area contributed by atoms with Crippen LogP contribution in [-0.4, -0.2) is 38.5 Å². The van der Waals surface area contributed by atoms with E-state index < -0.39 is 12.0 Å². The Kier molecular flexibility index (Phi) is 5.17. The number of carbonyl (C=O) groups excluding carboxylic acids is 1. The summed E-state index contributed by atoms with van der Waals surface area (Å²) in [6, 6.07) is 10.4. The van der Waals surface area contributed by atoms with Crippen molar-refractivity contribution in [1.29, 1.82) is 0 Å². The molecule has 0 radical (unpaired) electrons. The molecule has 1 atom stereocenters. The number of aromatic amines is 1. The maximum Gasteiger partial charge on any atom is 0.335 e. The van der Waals surface area contributed by atoms with Crippen molar-refractivity contribution in [2.45, 2.75) is 12.5 Å². The summed E-state index contributed by atoms with van der Waals surface area (Å²) < 4.78 is 0. The molecule has 9 heteroatoms. The van der Waals surface area contributed by atoms with Crippen LogP contribution in [0, 0.1) is 0 Å². The average molecular weight is 431 g/mol. The summed E-state index contributed by atoms with van der Waals surface area (Å²) in [6.07, 6.45) is 2.22. The van der Waals surface area contributed by atoms with Crippen LogP contribution in [0.15, 0.2) is 48.8 Å². The molecule has 0 saturated carbocycles. The number of fused-ring (bicyclic) bond motifs is 1. The summed E-state index contributed by atoms with van der Waals surface area (Å²) in [7, 11) is 0. The summed E-state index contributed by atoms with van der Waals surface area (Å²) in [6.45, 7) is 0.446. The highest BCUT2D eigenvalue weighted by molar-refractivity contribution is 6.42. The first-order valence-corrected chi connectivity index (χ1v) is 9.58. The maximum absolute atomic E-state index is 13.1. The molecule has 0 saturated heterocycles. The second-order valence-electron chi connectivity index (χ2n) is 6.57. The van der Waals surface area contributed by atoms with Gasteiger partial charge in [-0.3, -0.25) is 0 Å². The Labute approximate surface area is 176 Å². The number of aromatic nitrogens is 2. The average Bonchev–Trinajstić information content (AvgIpc) is 3.19. The number of H-pyrrole nitrogens is 1. The third-order valence-electron chi connectivity index (χ3n) is 4.85. The van der Waals surface area contributed by atoms with Gasteiger partial charge in [0.1, 0.15) is 6.04 Å². The van der Waals surface area contributed by atoms with E-state index in [1.807, 2.05) is 6.07 Å². The molecule has 0 fully saturated rings. The Morgan fingerprint density at radius 2 is 1.93 bits per heavy atom. The molecule has 0 unspecified atom stereocenters. The van der Waals surface area contributed by atoms with Crippen LogP contribution in [-0.2, 0) is 6.42 Å². The fraction of sp³-hybridized carbons (Fsp3) is 0.150. The van der Waals surface area contributed by atoms with E-state index in [9.17, 15) is 9.59 Å². The van der Waals surface area contributed by atoms with Gasteiger partial charge in [-0.15, -0.1) is 0 Å². The summed E-state index contributed by atoms with van der Waals surface area (Å²) in [4.78, 5) is 33.3. The number of halogens is 2. The molecule has 1 aliphatic rings. The van der Waals surface area contributed by atoms with Crippen LogP contribution in [0.2, 0.25) is 10.0 Å². The largest absolute Gasteiger partial charge is 0.478 e. The number of carbonyl (C=O) groups is 2. The summed E-state index contributed by atoms with van der Waals surface area (Å²) in [5, 5.41) is 12.6. The molecule has 3 aromatic rings. The zero-order valence-corrected chi connectivity index (χ0v) is 16.5. The molecule has 0 aliphatic carbocycles. The first-order chi connectivity index (χ1) is 14.0. The van der Waals surface area contributed by atoms with Gasteiger partial charge in [0.15, 0.2) is 0 Å². The van der Waals surface area contributed by atoms with Crippen LogP contribution in [0.1, 0.15) is 33.4 Å². The first kappa shape index (κ1) is 19.3. The number of amides is 2. The standard InChI is InChI=1S/C20H16Cl2N4O3/c21-14-3-1-2-13(16(14)22)18-17-15(23-10-24-17)8-9-26(18)20(29)25-12-6-4-11(5-7-12)19(27)28/h1-7,10,18H,8-9H2,(H,23,24)(H,25,29)(H,27,28)/t18-/m0/s1. The van der Waals surface area contributed by atoms with Crippen LogP contribution in [0.4, 0.5) is 10.5 Å². The summed E-state index contributed by atoms with van der Waals surface area (Å²) in [5.41, 5.74) is 2.98. The van der Waals surface area contributed by atoms with Gasteiger partial charge in [-0.05, 0) is 30.3 Å². The molecule has 1 aliphatic heterocycles. The smallest absolute Gasteiger partial charge is 0.335 e. The molecule has 3 N–H and O–H groups in total. The molecule has 1 aromatic heterocycles. The predicted molar refractivity (Wildman–Crippen MR) is 110 cm³/mol. The molecular formula is C20H16Cl2N4O3. The minimum atomic E-state index is -1.03. The summed E-state index contributed by atoms with van der Waals surface area (Å²) in [5.74, 6) is -1.03. The van der Waals surface area contributed by atoms with Crippen molar-refractivity contribution in [3.63, 3.8) is 0 Å². The van der Waals surface area contributed by atoms with Gasteiger partial charge in [0, 0.05) is 29.9 Å². The van der Waals surface area contributed by atoms with Gasteiger partial charge in [-0.2, -0.15) is 0 Å². The van der Waals surface area contributed by atoms with E-state index in [1.54, 1.807) is 35.5 Å². The van der Waals surface area contributed by atoms with Crippen LogP contribution < -0.4 is 5.32 Å². The van der Waals surface area contributed by atoms with Crippen LogP contribution >= 0.6 is 23.2 Å². The highest BCUT2D eigenvalue weighted by Gasteiger charge is 2.35. The molecule has 2 aromatic carbocycles. The lowest BCUT2D eigenvalue weighted by molar-refractivity contribution is 0.0697. The van der Waals surface area contributed by atoms with E-state index in [0.29, 0.717) is 34.3 Å². The predicted octanol–water partition coefficient (Wildman–Crippen LogP) is 4.59. The van der Waals surface area contributed by atoms with Crippen molar-refractivity contribution in [1.82, 2.24) is 14.9 Å².